The van der Waals surface area contributed by atoms with Crippen LogP contribution in [0.1, 0.15) is 16.8 Å². The molecule has 3 aromatic rings. The van der Waals surface area contributed by atoms with Crippen LogP contribution in [0.2, 0.25) is 0 Å². The molecule has 0 radical (unpaired) electrons. The Morgan fingerprint density at radius 3 is 2.46 bits per heavy atom. The van der Waals surface area contributed by atoms with Gasteiger partial charge in [0.25, 0.3) is 0 Å². The molecule has 3 rings (SSSR count). The predicted octanol–water partition coefficient (Wildman–Crippen LogP) is 5.28. The standard InChI is InChI=1S/C20H17N3S/c1-4-15-13-21-20(23-17(15)5-2)18-7-6-8-19(22-18)24-16-11-9-14(3)10-12-16/h4-13H,1-2H2,3H3. The molecule has 0 aliphatic carbocycles. The Kier molecular flexibility index (Phi) is 4.87. The Balaban J connectivity index is 1.91. The molecule has 0 saturated carbocycles. The summed E-state index contributed by atoms with van der Waals surface area (Å²) in [4.78, 5) is 14.7. The second-order valence-electron chi connectivity index (χ2n) is 5.22. The number of benzene rings is 1. The lowest BCUT2D eigenvalue weighted by molar-refractivity contribution is 1.07. The van der Waals surface area contributed by atoms with E-state index in [9.17, 15) is 0 Å². The average molecular weight is 331 g/mol. The van der Waals surface area contributed by atoms with E-state index >= 15 is 0 Å². The minimum Gasteiger partial charge on any atom is -0.238 e. The molecule has 0 saturated heterocycles. The summed E-state index contributed by atoms with van der Waals surface area (Å²) in [6, 6.07) is 14.3. The molecule has 0 amide bonds. The van der Waals surface area contributed by atoms with E-state index in [0.29, 0.717) is 5.82 Å². The van der Waals surface area contributed by atoms with Crippen molar-refractivity contribution in [1.29, 1.82) is 0 Å². The first-order chi connectivity index (χ1) is 11.7. The molecule has 0 N–H and O–H groups in total. The van der Waals surface area contributed by atoms with E-state index < -0.39 is 0 Å². The fourth-order valence-corrected chi connectivity index (χ4v) is 2.98. The Hall–Kier alpha value is -2.72. The number of pyridine rings is 1. The van der Waals surface area contributed by atoms with Crippen molar-refractivity contribution in [3.63, 3.8) is 0 Å². The number of rotatable bonds is 5. The van der Waals surface area contributed by atoms with Crippen LogP contribution in [0.3, 0.4) is 0 Å². The second-order valence-corrected chi connectivity index (χ2v) is 6.31. The van der Waals surface area contributed by atoms with Gasteiger partial charge in [0.1, 0.15) is 10.7 Å². The number of hydrogen-bond donors (Lipinski definition) is 0. The van der Waals surface area contributed by atoms with Crippen molar-refractivity contribution >= 4 is 23.9 Å². The Morgan fingerprint density at radius 2 is 1.75 bits per heavy atom. The van der Waals surface area contributed by atoms with Crippen LogP contribution in [-0.2, 0) is 0 Å². The molecule has 118 valence electrons. The van der Waals surface area contributed by atoms with Gasteiger partial charge in [-0.25, -0.2) is 15.0 Å². The highest BCUT2D eigenvalue weighted by molar-refractivity contribution is 7.99. The summed E-state index contributed by atoms with van der Waals surface area (Å²) >= 11 is 1.62. The van der Waals surface area contributed by atoms with Crippen molar-refractivity contribution in [2.45, 2.75) is 16.8 Å². The van der Waals surface area contributed by atoms with Gasteiger partial charge in [0.15, 0.2) is 5.82 Å². The van der Waals surface area contributed by atoms with Gasteiger partial charge in [0, 0.05) is 16.7 Å². The molecule has 0 spiro atoms. The van der Waals surface area contributed by atoms with Crippen LogP contribution in [0, 0.1) is 6.92 Å². The molecule has 24 heavy (non-hydrogen) atoms. The fourth-order valence-electron chi connectivity index (χ4n) is 2.17. The molecule has 0 aliphatic heterocycles. The molecule has 3 nitrogen and oxygen atoms in total. The highest BCUT2D eigenvalue weighted by Crippen LogP contribution is 2.27. The number of aromatic nitrogens is 3. The molecule has 2 aromatic heterocycles. The first-order valence-electron chi connectivity index (χ1n) is 7.53. The van der Waals surface area contributed by atoms with E-state index in [2.05, 4.69) is 59.3 Å². The molecule has 1 aromatic carbocycles. The molecule has 0 unspecified atom stereocenters. The number of nitrogens with zero attached hydrogens (tertiary/aromatic N) is 3. The highest BCUT2D eigenvalue weighted by atomic mass is 32.2. The summed E-state index contributed by atoms with van der Waals surface area (Å²) in [5.74, 6) is 0.585. The molecule has 0 atom stereocenters. The molecule has 2 heterocycles. The summed E-state index contributed by atoms with van der Waals surface area (Å²) in [7, 11) is 0. The van der Waals surface area contributed by atoms with E-state index in [1.165, 1.54) is 5.56 Å². The van der Waals surface area contributed by atoms with Crippen LogP contribution in [0.15, 0.2) is 71.7 Å². The minimum absolute atomic E-state index is 0.585. The van der Waals surface area contributed by atoms with Gasteiger partial charge in [-0.3, -0.25) is 0 Å². The molecule has 0 aliphatic rings. The summed E-state index contributed by atoms with van der Waals surface area (Å²) in [6.45, 7) is 9.63. The largest absolute Gasteiger partial charge is 0.238 e. The van der Waals surface area contributed by atoms with Crippen molar-refractivity contribution in [1.82, 2.24) is 15.0 Å². The van der Waals surface area contributed by atoms with Crippen molar-refractivity contribution in [2.75, 3.05) is 0 Å². The average Bonchev–Trinajstić information content (AvgIpc) is 2.63. The lowest BCUT2D eigenvalue weighted by atomic mass is 10.2. The highest BCUT2D eigenvalue weighted by Gasteiger charge is 2.08. The predicted molar refractivity (Wildman–Crippen MR) is 101 cm³/mol. The minimum atomic E-state index is 0.585. The van der Waals surface area contributed by atoms with Gasteiger partial charge in [0.05, 0.1) is 5.69 Å². The summed E-state index contributed by atoms with van der Waals surface area (Å²) in [6.07, 6.45) is 5.17. The lowest BCUT2D eigenvalue weighted by Gasteiger charge is -2.06. The van der Waals surface area contributed by atoms with E-state index in [0.717, 1.165) is 26.9 Å². The van der Waals surface area contributed by atoms with Gasteiger partial charge in [-0.05, 0) is 37.3 Å². The fraction of sp³-hybridized carbons (Fsp3) is 0.0500. The molecule has 4 heteroatoms. The quantitative estimate of drug-likeness (QED) is 0.637. The van der Waals surface area contributed by atoms with Crippen LogP contribution in [0.5, 0.6) is 0 Å². The molecule has 0 bridgehead atoms. The monoisotopic (exact) mass is 331 g/mol. The maximum Gasteiger partial charge on any atom is 0.178 e. The van der Waals surface area contributed by atoms with Crippen molar-refractivity contribution in [3.8, 4) is 11.5 Å². The van der Waals surface area contributed by atoms with Crippen molar-refractivity contribution in [2.24, 2.45) is 0 Å². The van der Waals surface area contributed by atoms with Crippen molar-refractivity contribution in [3.05, 3.63) is 78.6 Å². The third-order valence-electron chi connectivity index (χ3n) is 3.46. The van der Waals surface area contributed by atoms with E-state index in [1.54, 1.807) is 30.1 Å². The SMILES string of the molecule is C=Cc1cnc(-c2cccc(Sc3ccc(C)cc3)n2)nc1C=C. The van der Waals surface area contributed by atoms with Crippen LogP contribution in [0.25, 0.3) is 23.7 Å². The number of hydrogen-bond acceptors (Lipinski definition) is 4. The van der Waals surface area contributed by atoms with Crippen molar-refractivity contribution < 1.29 is 0 Å². The third-order valence-corrected chi connectivity index (χ3v) is 4.40. The maximum atomic E-state index is 4.67. The van der Waals surface area contributed by atoms with Gasteiger partial charge in [-0.2, -0.15) is 0 Å². The van der Waals surface area contributed by atoms with E-state index in [1.807, 2.05) is 18.2 Å². The van der Waals surface area contributed by atoms with Crippen LogP contribution in [0.4, 0.5) is 0 Å². The van der Waals surface area contributed by atoms with Gasteiger partial charge in [-0.1, -0.05) is 54.8 Å². The van der Waals surface area contributed by atoms with E-state index in [-0.39, 0.29) is 0 Å². The molecule has 0 fully saturated rings. The van der Waals surface area contributed by atoms with Gasteiger partial charge in [0.2, 0.25) is 0 Å². The Bertz CT molecular complexity index is 886. The normalized spacial score (nSPS) is 10.4. The van der Waals surface area contributed by atoms with E-state index in [4.69, 9.17) is 0 Å². The smallest absolute Gasteiger partial charge is 0.178 e. The van der Waals surface area contributed by atoms with Crippen LogP contribution < -0.4 is 0 Å². The zero-order valence-electron chi connectivity index (χ0n) is 13.4. The van der Waals surface area contributed by atoms with Gasteiger partial charge < -0.3 is 0 Å². The molecular weight excluding hydrogens is 314 g/mol. The van der Waals surface area contributed by atoms with Gasteiger partial charge >= 0.3 is 0 Å². The second kappa shape index (κ2) is 7.23. The van der Waals surface area contributed by atoms with Crippen LogP contribution in [-0.4, -0.2) is 15.0 Å². The zero-order chi connectivity index (χ0) is 16.9. The zero-order valence-corrected chi connectivity index (χ0v) is 14.3. The first-order valence-corrected chi connectivity index (χ1v) is 8.35. The maximum absolute atomic E-state index is 4.67. The summed E-state index contributed by atoms with van der Waals surface area (Å²) in [5, 5.41) is 0.910. The summed E-state index contributed by atoms with van der Waals surface area (Å²) < 4.78 is 0. The Labute approximate surface area is 146 Å². The third kappa shape index (κ3) is 3.60. The lowest BCUT2D eigenvalue weighted by Crippen LogP contribution is -1.96. The van der Waals surface area contributed by atoms with Crippen LogP contribution >= 0.6 is 11.8 Å². The Morgan fingerprint density at radius 1 is 0.958 bits per heavy atom. The topological polar surface area (TPSA) is 38.7 Å². The van der Waals surface area contributed by atoms with Gasteiger partial charge in [-0.15, -0.1) is 0 Å². The first kappa shape index (κ1) is 16.1. The molecular formula is C20H17N3S. The summed E-state index contributed by atoms with van der Waals surface area (Å²) in [5.41, 5.74) is 3.60. The number of aryl methyl sites for hydroxylation is 1.